The maximum absolute atomic E-state index is 13.1. The predicted octanol–water partition coefficient (Wildman–Crippen LogP) is 3.61. The number of rotatable bonds is 3. The lowest BCUT2D eigenvalue weighted by Crippen LogP contribution is -2.38. The number of piperidine rings is 1. The highest BCUT2D eigenvalue weighted by Gasteiger charge is 2.34. The molecule has 2 aromatic rings. The Morgan fingerprint density at radius 1 is 1.09 bits per heavy atom. The van der Waals surface area contributed by atoms with Crippen LogP contribution in [0.1, 0.15) is 42.0 Å². The van der Waals surface area contributed by atoms with Gasteiger partial charge in [0.2, 0.25) is 10.0 Å². The van der Waals surface area contributed by atoms with E-state index >= 15 is 0 Å². The van der Waals surface area contributed by atoms with Gasteiger partial charge in [-0.15, -0.1) is 0 Å². The van der Waals surface area contributed by atoms with Crippen LogP contribution < -0.4 is 0 Å². The molecule has 1 aliphatic rings. The highest BCUT2D eigenvalue weighted by atomic mass is 32.2. The van der Waals surface area contributed by atoms with E-state index in [1.54, 1.807) is 28.8 Å². The molecule has 23 heavy (non-hydrogen) atoms. The monoisotopic (exact) mass is 330 g/mol. The van der Waals surface area contributed by atoms with Crippen molar-refractivity contribution in [3.8, 4) is 0 Å². The summed E-state index contributed by atoms with van der Waals surface area (Å²) in [4.78, 5) is 4.50. The van der Waals surface area contributed by atoms with Gasteiger partial charge in [0.25, 0.3) is 0 Å². The molecule has 0 aliphatic carbocycles. The van der Waals surface area contributed by atoms with Gasteiger partial charge in [0.1, 0.15) is 0 Å². The van der Waals surface area contributed by atoms with Crippen LogP contribution in [0, 0.1) is 13.8 Å². The van der Waals surface area contributed by atoms with Gasteiger partial charge in [-0.2, -0.15) is 4.31 Å². The second-order valence-electron chi connectivity index (χ2n) is 6.17. The standard InChI is InChI=1S/C18H22N2O2S/c1-14-6-8-16(9-7-14)23(21,22)20-12-4-3-5-18(20)17-10-11-19-13-15(17)2/h6-11,13,18H,3-5,12H2,1-2H3/t18-/m0/s1. The van der Waals surface area contributed by atoms with Gasteiger partial charge >= 0.3 is 0 Å². The van der Waals surface area contributed by atoms with Crippen molar-refractivity contribution >= 4 is 10.0 Å². The summed E-state index contributed by atoms with van der Waals surface area (Å²) in [6.45, 7) is 4.52. The van der Waals surface area contributed by atoms with E-state index < -0.39 is 10.0 Å². The van der Waals surface area contributed by atoms with E-state index in [1.807, 2.05) is 32.0 Å². The minimum absolute atomic E-state index is 0.0990. The molecule has 0 bridgehead atoms. The van der Waals surface area contributed by atoms with Crippen molar-refractivity contribution in [1.29, 1.82) is 0 Å². The average Bonchev–Trinajstić information content (AvgIpc) is 2.56. The number of hydrogen-bond acceptors (Lipinski definition) is 3. The third-order valence-corrected chi connectivity index (χ3v) is 6.43. The molecule has 0 radical (unpaired) electrons. The first-order valence-corrected chi connectivity index (χ1v) is 9.43. The van der Waals surface area contributed by atoms with Gasteiger partial charge in [-0.05, 0) is 56.0 Å². The Morgan fingerprint density at radius 3 is 2.52 bits per heavy atom. The molecule has 1 aromatic heterocycles. The Balaban J connectivity index is 2.01. The normalized spacial score (nSPS) is 19.7. The minimum Gasteiger partial charge on any atom is -0.264 e. The number of pyridine rings is 1. The summed E-state index contributed by atoms with van der Waals surface area (Å²) in [5.41, 5.74) is 3.17. The van der Waals surface area contributed by atoms with Gasteiger partial charge in [-0.1, -0.05) is 24.1 Å². The van der Waals surface area contributed by atoms with Crippen LogP contribution in [0.3, 0.4) is 0 Å². The number of aryl methyl sites for hydroxylation is 2. The zero-order valence-electron chi connectivity index (χ0n) is 13.6. The number of nitrogens with zero attached hydrogens (tertiary/aromatic N) is 2. The second kappa shape index (κ2) is 6.42. The summed E-state index contributed by atoms with van der Waals surface area (Å²) in [6, 6.07) is 8.96. The third kappa shape index (κ3) is 3.16. The fraction of sp³-hybridized carbons (Fsp3) is 0.389. The zero-order valence-corrected chi connectivity index (χ0v) is 14.4. The number of sulfonamides is 1. The summed E-state index contributed by atoms with van der Waals surface area (Å²) in [5.74, 6) is 0. The lowest BCUT2D eigenvalue weighted by molar-refractivity contribution is 0.255. The quantitative estimate of drug-likeness (QED) is 0.864. The van der Waals surface area contributed by atoms with Crippen LogP contribution in [0.15, 0.2) is 47.6 Å². The van der Waals surface area contributed by atoms with E-state index in [-0.39, 0.29) is 6.04 Å². The van der Waals surface area contributed by atoms with Crippen LogP contribution in [-0.2, 0) is 10.0 Å². The number of benzene rings is 1. The van der Waals surface area contributed by atoms with Crippen LogP contribution in [0.2, 0.25) is 0 Å². The average molecular weight is 330 g/mol. The molecule has 1 aromatic carbocycles. The van der Waals surface area contributed by atoms with Crippen LogP contribution in [-0.4, -0.2) is 24.3 Å². The van der Waals surface area contributed by atoms with Crippen LogP contribution in [0.25, 0.3) is 0 Å². The SMILES string of the molecule is Cc1ccc(S(=O)(=O)N2CCCC[C@H]2c2ccncc2C)cc1. The Labute approximate surface area is 138 Å². The zero-order chi connectivity index (χ0) is 16.4. The summed E-state index contributed by atoms with van der Waals surface area (Å²) < 4.78 is 27.9. The molecular weight excluding hydrogens is 308 g/mol. The van der Waals surface area contributed by atoms with Gasteiger partial charge in [0.05, 0.1) is 10.9 Å². The Bertz CT molecular complexity index is 785. The molecule has 5 heteroatoms. The van der Waals surface area contributed by atoms with E-state index in [0.717, 1.165) is 36.0 Å². The van der Waals surface area contributed by atoms with Crippen molar-refractivity contribution in [2.24, 2.45) is 0 Å². The molecule has 1 aliphatic heterocycles. The molecular formula is C18H22N2O2S. The first-order valence-electron chi connectivity index (χ1n) is 7.99. The maximum atomic E-state index is 13.1. The lowest BCUT2D eigenvalue weighted by Gasteiger charge is -2.35. The van der Waals surface area contributed by atoms with Crippen molar-refractivity contribution in [3.05, 3.63) is 59.4 Å². The van der Waals surface area contributed by atoms with Crippen LogP contribution >= 0.6 is 0 Å². The maximum Gasteiger partial charge on any atom is 0.243 e. The van der Waals surface area contributed by atoms with Gasteiger partial charge in [0, 0.05) is 18.9 Å². The first-order chi connectivity index (χ1) is 11.0. The summed E-state index contributed by atoms with van der Waals surface area (Å²) in [5, 5.41) is 0. The Kier molecular flexibility index (Phi) is 4.50. The third-order valence-electron chi connectivity index (χ3n) is 4.50. The van der Waals surface area contributed by atoms with Crippen molar-refractivity contribution in [2.45, 2.75) is 44.0 Å². The van der Waals surface area contributed by atoms with Gasteiger partial charge in [-0.3, -0.25) is 4.98 Å². The Hall–Kier alpha value is -1.72. The molecule has 4 nitrogen and oxygen atoms in total. The van der Waals surface area contributed by atoms with E-state index in [1.165, 1.54) is 0 Å². The van der Waals surface area contributed by atoms with Crippen molar-refractivity contribution in [2.75, 3.05) is 6.54 Å². The topological polar surface area (TPSA) is 50.3 Å². The van der Waals surface area contributed by atoms with E-state index in [4.69, 9.17) is 0 Å². The number of hydrogen-bond donors (Lipinski definition) is 0. The fourth-order valence-corrected chi connectivity index (χ4v) is 4.88. The van der Waals surface area contributed by atoms with E-state index in [0.29, 0.717) is 11.4 Å². The van der Waals surface area contributed by atoms with E-state index in [2.05, 4.69) is 4.98 Å². The van der Waals surface area contributed by atoms with Gasteiger partial charge in [-0.25, -0.2) is 8.42 Å². The van der Waals surface area contributed by atoms with Crippen LogP contribution in [0.4, 0.5) is 0 Å². The fourth-order valence-electron chi connectivity index (χ4n) is 3.21. The molecule has 1 atom stereocenters. The molecule has 0 spiro atoms. The molecule has 0 N–H and O–H groups in total. The molecule has 3 rings (SSSR count). The highest BCUT2D eigenvalue weighted by molar-refractivity contribution is 7.89. The molecule has 0 saturated carbocycles. The molecule has 2 heterocycles. The van der Waals surface area contributed by atoms with Crippen molar-refractivity contribution in [3.63, 3.8) is 0 Å². The van der Waals surface area contributed by atoms with Gasteiger partial charge < -0.3 is 0 Å². The number of aromatic nitrogens is 1. The molecule has 0 unspecified atom stereocenters. The highest BCUT2D eigenvalue weighted by Crippen LogP contribution is 2.36. The molecule has 0 amide bonds. The van der Waals surface area contributed by atoms with Gasteiger partial charge in [0.15, 0.2) is 0 Å². The van der Waals surface area contributed by atoms with Crippen molar-refractivity contribution in [1.82, 2.24) is 9.29 Å². The molecule has 1 fully saturated rings. The van der Waals surface area contributed by atoms with Crippen LogP contribution in [0.5, 0.6) is 0 Å². The van der Waals surface area contributed by atoms with Crippen molar-refractivity contribution < 1.29 is 8.42 Å². The summed E-state index contributed by atoms with van der Waals surface area (Å²) in [6.07, 6.45) is 6.36. The van der Waals surface area contributed by atoms with E-state index in [9.17, 15) is 8.42 Å². The lowest BCUT2D eigenvalue weighted by atomic mass is 9.95. The largest absolute Gasteiger partial charge is 0.264 e. The first kappa shape index (κ1) is 16.1. The molecule has 122 valence electrons. The Morgan fingerprint density at radius 2 is 1.83 bits per heavy atom. The predicted molar refractivity (Wildman–Crippen MR) is 90.6 cm³/mol. The summed E-state index contributed by atoms with van der Waals surface area (Å²) in [7, 11) is -3.48. The summed E-state index contributed by atoms with van der Waals surface area (Å²) >= 11 is 0. The smallest absolute Gasteiger partial charge is 0.243 e. The minimum atomic E-state index is -3.48. The second-order valence-corrected chi connectivity index (χ2v) is 8.06. The molecule has 1 saturated heterocycles.